The van der Waals surface area contributed by atoms with Gasteiger partial charge in [0.2, 0.25) is 5.91 Å². The molecule has 8 nitrogen and oxygen atoms in total. The minimum Gasteiger partial charge on any atom is -0.495 e. The minimum absolute atomic E-state index is 0.0193. The van der Waals surface area contributed by atoms with Crippen LogP contribution in [0, 0.1) is 0 Å². The summed E-state index contributed by atoms with van der Waals surface area (Å²) in [5, 5.41) is 2.52. The molecular formula is C28H20Cl3F3N2O6S. The van der Waals surface area contributed by atoms with Gasteiger partial charge in [-0.05, 0) is 65.9 Å². The quantitative estimate of drug-likeness (QED) is 0.230. The molecule has 0 unspecified atom stereocenters. The molecule has 0 radical (unpaired) electrons. The predicted octanol–water partition coefficient (Wildman–Crippen LogP) is 7.94. The molecule has 1 heterocycles. The molecule has 1 N–H and O–H groups in total. The van der Waals surface area contributed by atoms with E-state index in [0.717, 1.165) is 12.1 Å². The lowest BCUT2D eigenvalue weighted by atomic mass is 10.1. The zero-order valence-electron chi connectivity index (χ0n) is 22.2. The van der Waals surface area contributed by atoms with Gasteiger partial charge in [0.25, 0.3) is 11.1 Å². The third-order valence-electron chi connectivity index (χ3n) is 5.91. The van der Waals surface area contributed by atoms with Crippen LogP contribution in [0.1, 0.15) is 16.7 Å². The SMILES string of the molecule is COc1ccc(C(F)(F)F)cc1NC(=O)CN1C(=O)S/C(=C\c2cc(Cl)c(OCc3ccc(Cl)cc3Cl)c(OC)c2)C1=O. The van der Waals surface area contributed by atoms with Crippen LogP contribution in [0.2, 0.25) is 15.1 Å². The van der Waals surface area contributed by atoms with Gasteiger partial charge in [-0.3, -0.25) is 19.3 Å². The Kier molecular flexibility index (Phi) is 10.1. The van der Waals surface area contributed by atoms with Crippen LogP contribution in [-0.4, -0.2) is 42.7 Å². The van der Waals surface area contributed by atoms with Crippen molar-refractivity contribution in [2.75, 3.05) is 26.1 Å². The van der Waals surface area contributed by atoms with Gasteiger partial charge in [-0.25, -0.2) is 0 Å². The lowest BCUT2D eigenvalue weighted by molar-refractivity contribution is -0.137. The lowest BCUT2D eigenvalue weighted by Gasteiger charge is -2.16. The van der Waals surface area contributed by atoms with Gasteiger partial charge in [0, 0.05) is 15.6 Å². The number of thioether (sulfide) groups is 1. The number of halogens is 6. The summed E-state index contributed by atoms with van der Waals surface area (Å²) in [7, 11) is 2.61. The summed E-state index contributed by atoms with van der Waals surface area (Å²) in [5.41, 5.74) is -0.246. The van der Waals surface area contributed by atoms with Crippen molar-refractivity contribution >= 4 is 75.4 Å². The van der Waals surface area contributed by atoms with Crippen LogP contribution in [-0.2, 0) is 22.4 Å². The molecule has 226 valence electrons. The van der Waals surface area contributed by atoms with E-state index in [1.54, 1.807) is 18.2 Å². The number of ether oxygens (including phenoxy) is 3. The number of imide groups is 1. The highest BCUT2D eigenvalue weighted by Crippen LogP contribution is 2.40. The summed E-state index contributed by atoms with van der Waals surface area (Å²) in [6.45, 7) is -0.690. The summed E-state index contributed by atoms with van der Waals surface area (Å²) in [5.74, 6) is -1.29. The van der Waals surface area contributed by atoms with E-state index in [1.165, 1.54) is 32.4 Å². The molecule has 0 aromatic heterocycles. The molecule has 3 amide bonds. The number of carbonyl (C=O) groups is 3. The third kappa shape index (κ3) is 7.69. The zero-order valence-corrected chi connectivity index (χ0v) is 25.3. The van der Waals surface area contributed by atoms with Crippen molar-refractivity contribution in [3.63, 3.8) is 0 Å². The highest BCUT2D eigenvalue weighted by molar-refractivity contribution is 8.18. The molecular weight excluding hydrogens is 656 g/mol. The number of methoxy groups -OCH3 is 2. The van der Waals surface area contributed by atoms with Crippen molar-refractivity contribution in [3.8, 4) is 17.2 Å². The van der Waals surface area contributed by atoms with Crippen molar-refractivity contribution in [2.24, 2.45) is 0 Å². The van der Waals surface area contributed by atoms with Crippen molar-refractivity contribution < 1.29 is 41.8 Å². The number of benzene rings is 3. The first-order valence-corrected chi connectivity index (χ1v) is 14.0. The highest BCUT2D eigenvalue weighted by Gasteiger charge is 2.37. The van der Waals surface area contributed by atoms with Crippen molar-refractivity contribution in [2.45, 2.75) is 12.8 Å². The average Bonchev–Trinajstić information content (AvgIpc) is 3.19. The first-order chi connectivity index (χ1) is 20.3. The second kappa shape index (κ2) is 13.4. The Balaban J connectivity index is 1.48. The second-order valence-electron chi connectivity index (χ2n) is 8.79. The number of hydrogen-bond acceptors (Lipinski definition) is 7. The first-order valence-electron chi connectivity index (χ1n) is 12.1. The zero-order chi connectivity index (χ0) is 31.5. The number of alkyl halides is 3. The van der Waals surface area contributed by atoms with Gasteiger partial charge in [-0.1, -0.05) is 40.9 Å². The molecule has 3 aromatic carbocycles. The highest BCUT2D eigenvalue weighted by atomic mass is 35.5. The summed E-state index contributed by atoms with van der Waals surface area (Å²) in [6, 6.07) is 10.5. The summed E-state index contributed by atoms with van der Waals surface area (Å²) < 4.78 is 55.6. The maximum Gasteiger partial charge on any atom is 0.416 e. The molecule has 15 heteroatoms. The van der Waals surface area contributed by atoms with Crippen LogP contribution in [0.25, 0.3) is 6.08 Å². The Morgan fingerprint density at radius 3 is 2.35 bits per heavy atom. The average molecular weight is 676 g/mol. The molecule has 0 spiro atoms. The van der Waals surface area contributed by atoms with Crippen LogP contribution in [0.5, 0.6) is 17.2 Å². The lowest BCUT2D eigenvalue weighted by Crippen LogP contribution is -2.36. The smallest absolute Gasteiger partial charge is 0.416 e. The number of nitrogens with zero attached hydrogens (tertiary/aromatic N) is 1. The van der Waals surface area contributed by atoms with E-state index in [4.69, 9.17) is 49.0 Å². The van der Waals surface area contributed by atoms with Gasteiger partial charge in [-0.15, -0.1) is 0 Å². The molecule has 1 aliphatic heterocycles. The van der Waals surface area contributed by atoms with Gasteiger partial charge < -0.3 is 19.5 Å². The van der Waals surface area contributed by atoms with E-state index in [9.17, 15) is 27.6 Å². The van der Waals surface area contributed by atoms with E-state index in [1.807, 2.05) is 0 Å². The van der Waals surface area contributed by atoms with Gasteiger partial charge in [-0.2, -0.15) is 13.2 Å². The molecule has 1 saturated heterocycles. The number of carbonyl (C=O) groups excluding carboxylic acids is 3. The van der Waals surface area contributed by atoms with Gasteiger partial charge in [0.1, 0.15) is 18.9 Å². The molecule has 1 fully saturated rings. The number of rotatable bonds is 9. The van der Waals surface area contributed by atoms with Crippen LogP contribution >= 0.6 is 46.6 Å². The summed E-state index contributed by atoms with van der Waals surface area (Å²) in [4.78, 5) is 38.8. The van der Waals surface area contributed by atoms with Crippen LogP contribution in [0.4, 0.5) is 23.7 Å². The number of hydrogen-bond donors (Lipinski definition) is 1. The minimum atomic E-state index is -4.66. The Morgan fingerprint density at radius 1 is 0.977 bits per heavy atom. The number of amides is 3. The normalized spacial score (nSPS) is 14.3. The van der Waals surface area contributed by atoms with E-state index in [-0.39, 0.29) is 39.5 Å². The fourth-order valence-electron chi connectivity index (χ4n) is 3.85. The summed E-state index contributed by atoms with van der Waals surface area (Å²) >= 11 is 19.2. The first kappa shape index (κ1) is 32.3. The molecule has 0 saturated carbocycles. The van der Waals surface area contributed by atoms with Crippen LogP contribution < -0.4 is 19.5 Å². The molecule has 1 aliphatic rings. The van der Waals surface area contributed by atoms with Crippen molar-refractivity contribution in [1.82, 2.24) is 4.90 Å². The second-order valence-corrected chi connectivity index (χ2v) is 11.0. The standard InChI is InChI=1S/C28H20Cl3F3N2O6S/c1-40-21-6-4-16(28(32,33)34)10-20(21)35-24(37)12-36-26(38)23(43-27(36)39)9-14-7-19(31)25(22(8-14)41-2)42-13-15-3-5-17(29)11-18(15)30/h3-11H,12-13H2,1-2H3,(H,35,37)/b23-9-. The third-order valence-corrected chi connectivity index (χ3v) is 7.69. The molecule has 3 aromatic rings. The Hall–Kier alpha value is -3.58. The predicted molar refractivity (Wildman–Crippen MR) is 158 cm³/mol. The topological polar surface area (TPSA) is 94.2 Å². The Labute approximate surface area is 262 Å². The Morgan fingerprint density at radius 2 is 1.70 bits per heavy atom. The monoisotopic (exact) mass is 674 g/mol. The molecule has 0 bridgehead atoms. The van der Waals surface area contributed by atoms with E-state index >= 15 is 0 Å². The largest absolute Gasteiger partial charge is 0.495 e. The van der Waals surface area contributed by atoms with E-state index < -0.39 is 35.3 Å². The van der Waals surface area contributed by atoms with Gasteiger partial charge >= 0.3 is 6.18 Å². The summed E-state index contributed by atoms with van der Waals surface area (Å²) in [6.07, 6.45) is -3.28. The maximum absolute atomic E-state index is 13.1. The number of nitrogens with one attached hydrogen (secondary N) is 1. The fourth-order valence-corrected chi connectivity index (χ4v) is 5.43. The molecule has 0 aliphatic carbocycles. The molecule has 43 heavy (non-hydrogen) atoms. The maximum atomic E-state index is 13.1. The number of anilines is 1. The molecule has 0 atom stereocenters. The van der Waals surface area contributed by atoms with Crippen molar-refractivity contribution in [3.05, 3.63) is 85.2 Å². The van der Waals surface area contributed by atoms with Gasteiger partial charge in [0.15, 0.2) is 11.5 Å². The molecule has 4 rings (SSSR count). The van der Waals surface area contributed by atoms with Crippen LogP contribution in [0.15, 0.2) is 53.4 Å². The van der Waals surface area contributed by atoms with Gasteiger partial charge in [0.05, 0.1) is 35.4 Å². The van der Waals surface area contributed by atoms with Crippen LogP contribution in [0.3, 0.4) is 0 Å². The Bertz CT molecular complexity index is 1630. The fraction of sp³-hybridized carbons (Fsp3) is 0.179. The van der Waals surface area contributed by atoms with E-state index in [2.05, 4.69) is 5.32 Å². The van der Waals surface area contributed by atoms with Crippen molar-refractivity contribution in [1.29, 1.82) is 0 Å². The van der Waals surface area contributed by atoms with E-state index in [0.29, 0.717) is 43.9 Å².